The number of hydrogen-bond acceptors (Lipinski definition) is 12. The predicted octanol–water partition coefficient (Wildman–Crippen LogP) is 8.05. The van der Waals surface area contributed by atoms with E-state index in [-0.39, 0.29) is 19.4 Å². The average Bonchev–Trinajstić information content (AvgIpc) is 3.15. The molecule has 0 amide bonds. The van der Waals surface area contributed by atoms with E-state index >= 15 is 0 Å². The van der Waals surface area contributed by atoms with Gasteiger partial charge in [-0.25, -0.2) is 4.18 Å². The van der Waals surface area contributed by atoms with E-state index in [1.807, 2.05) is 0 Å². The van der Waals surface area contributed by atoms with E-state index in [0.29, 0.717) is 12.8 Å². The Hall–Kier alpha value is -1.39. The summed E-state index contributed by atoms with van der Waals surface area (Å²) in [4.78, 5) is 25.3. The summed E-state index contributed by atoms with van der Waals surface area (Å²) in [6.07, 6.45) is 21.7. The molecular weight excluding hydrogens is 733 g/mol. The monoisotopic (exact) mass is 811 g/mol. The number of rotatable bonds is 37. The molecule has 1 aliphatic rings. The van der Waals surface area contributed by atoms with Gasteiger partial charge in [0.05, 0.1) is 13.2 Å². The maximum absolute atomic E-state index is 12.8. The van der Waals surface area contributed by atoms with Crippen molar-refractivity contribution in [3.63, 3.8) is 0 Å². The van der Waals surface area contributed by atoms with Gasteiger partial charge in [-0.3, -0.25) is 14.1 Å². The van der Waals surface area contributed by atoms with Gasteiger partial charge in [0.2, 0.25) is 0 Å². The van der Waals surface area contributed by atoms with Crippen molar-refractivity contribution < 1.29 is 61.0 Å². The molecule has 1 fully saturated rings. The quantitative estimate of drug-likeness (QED) is 0.0268. The maximum Gasteiger partial charge on any atom is 0.397 e. The third kappa shape index (κ3) is 28.6. The summed E-state index contributed by atoms with van der Waals surface area (Å²) in [5.41, 5.74) is 0. The fourth-order valence-electron chi connectivity index (χ4n) is 6.74. The standard InChI is InChI=1S/C41H78O13S/c1-3-5-7-9-11-13-15-17-19-21-23-25-27-29-36(42)50-31-34(32-51-41-40(46)39(45)38(44)35(54-41)33-52-55(47,48)49)53-37(43)30-28-26-24-22-20-18-16-14-12-10-8-6-4-2/h34-35,38-41,44-46H,3-33H2,1-2H3,(H,47,48,49)/t34-,35-,38-,39+,40-,41+/m1/s1. The molecule has 1 rings (SSSR count). The Morgan fingerprint density at radius 2 is 0.964 bits per heavy atom. The predicted molar refractivity (Wildman–Crippen MR) is 212 cm³/mol. The smallest absolute Gasteiger partial charge is 0.397 e. The van der Waals surface area contributed by atoms with Gasteiger partial charge < -0.3 is 34.3 Å². The lowest BCUT2D eigenvalue weighted by Crippen LogP contribution is -2.59. The number of esters is 2. The Balaban J connectivity index is 2.48. The van der Waals surface area contributed by atoms with Gasteiger partial charge in [0.1, 0.15) is 31.0 Å². The van der Waals surface area contributed by atoms with Crippen LogP contribution in [0.4, 0.5) is 0 Å². The largest absolute Gasteiger partial charge is 0.462 e. The molecule has 0 aromatic heterocycles. The number of unbranched alkanes of at least 4 members (excludes halogenated alkanes) is 24. The summed E-state index contributed by atoms with van der Waals surface area (Å²) in [5.74, 6) is -0.931. The van der Waals surface area contributed by atoms with Crippen molar-refractivity contribution in [2.24, 2.45) is 0 Å². The molecular formula is C41H78O13S. The van der Waals surface area contributed by atoms with Crippen LogP contribution in [0.5, 0.6) is 0 Å². The zero-order chi connectivity index (χ0) is 40.6. The van der Waals surface area contributed by atoms with Gasteiger partial charge in [0.15, 0.2) is 12.4 Å². The Morgan fingerprint density at radius 3 is 1.38 bits per heavy atom. The first-order valence-corrected chi connectivity index (χ1v) is 23.1. The molecule has 0 spiro atoms. The number of carbonyl (C=O) groups excluding carboxylic acids is 2. The van der Waals surface area contributed by atoms with Crippen LogP contribution in [0.2, 0.25) is 0 Å². The summed E-state index contributed by atoms with van der Waals surface area (Å²) in [5, 5.41) is 30.9. The number of aliphatic hydroxyl groups is 3. The molecule has 0 aromatic rings. The van der Waals surface area contributed by atoms with Crippen molar-refractivity contribution in [3.05, 3.63) is 0 Å². The van der Waals surface area contributed by atoms with Crippen LogP contribution in [-0.4, -0.2) is 96.9 Å². The van der Waals surface area contributed by atoms with Crippen LogP contribution in [0.3, 0.4) is 0 Å². The van der Waals surface area contributed by atoms with Gasteiger partial charge in [-0.1, -0.05) is 168 Å². The van der Waals surface area contributed by atoms with Gasteiger partial charge in [0.25, 0.3) is 0 Å². The molecule has 14 heteroatoms. The fraction of sp³-hybridized carbons (Fsp3) is 0.951. The van der Waals surface area contributed by atoms with Crippen molar-refractivity contribution in [1.82, 2.24) is 0 Å². The minimum atomic E-state index is -4.87. The van der Waals surface area contributed by atoms with Gasteiger partial charge in [-0.2, -0.15) is 8.42 Å². The molecule has 0 aliphatic carbocycles. The molecule has 1 aliphatic heterocycles. The highest BCUT2D eigenvalue weighted by Crippen LogP contribution is 2.24. The Bertz CT molecular complexity index is 1040. The van der Waals surface area contributed by atoms with Crippen molar-refractivity contribution in [2.45, 2.75) is 230 Å². The lowest BCUT2D eigenvalue weighted by Gasteiger charge is -2.40. The SMILES string of the molecule is CCCCCCCCCCCCCCCC(=O)OC[C@H](CO[C@H]1O[C@H](COS(=O)(=O)O)[C@@H](O)[C@H](O)[C@H]1O)OC(=O)CCCCCCCCCCCCCCC. The van der Waals surface area contributed by atoms with E-state index in [0.717, 1.165) is 38.5 Å². The highest BCUT2D eigenvalue weighted by Gasteiger charge is 2.45. The Kier molecular flexibility index (Phi) is 31.5. The second-order valence-corrected chi connectivity index (χ2v) is 16.4. The third-order valence-electron chi connectivity index (χ3n) is 10.2. The second kappa shape index (κ2) is 33.6. The summed E-state index contributed by atoms with van der Waals surface area (Å²) in [6.45, 7) is 2.90. The van der Waals surface area contributed by atoms with Crippen molar-refractivity contribution in [1.29, 1.82) is 0 Å². The highest BCUT2D eigenvalue weighted by molar-refractivity contribution is 7.80. The average molecular weight is 811 g/mol. The molecule has 1 heterocycles. The first-order valence-electron chi connectivity index (χ1n) is 21.8. The second-order valence-electron chi connectivity index (χ2n) is 15.3. The summed E-state index contributed by atoms with van der Waals surface area (Å²) >= 11 is 0. The van der Waals surface area contributed by atoms with E-state index < -0.39 is 72.4 Å². The van der Waals surface area contributed by atoms with E-state index in [4.69, 9.17) is 23.5 Å². The molecule has 13 nitrogen and oxygen atoms in total. The minimum absolute atomic E-state index is 0.170. The van der Waals surface area contributed by atoms with E-state index in [1.54, 1.807) is 0 Å². The van der Waals surface area contributed by atoms with Gasteiger partial charge in [-0.15, -0.1) is 0 Å². The molecule has 326 valence electrons. The van der Waals surface area contributed by atoms with E-state index in [9.17, 15) is 33.3 Å². The summed E-state index contributed by atoms with van der Waals surface area (Å²) in [6, 6.07) is 0. The molecule has 55 heavy (non-hydrogen) atoms. The number of hydrogen-bond donors (Lipinski definition) is 4. The summed E-state index contributed by atoms with van der Waals surface area (Å²) in [7, 11) is -4.87. The van der Waals surface area contributed by atoms with Crippen LogP contribution in [0.1, 0.15) is 194 Å². The third-order valence-corrected chi connectivity index (χ3v) is 10.6. The van der Waals surface area contributed by atoms with Gasteiger partial charge >= 0.3 is 22.3 Å². The zero-order valence-corrected chi connectivity index (χ0v) is 35.1. The van der Waals surface area contributed by atoms with Crippen LogP contribution < -0.4 is 0 Å². The minimum Gasteiger partial charge on any atom is -0.462 e. The molecule has 4 N–H and O–H groups in total. The molecule has 6 atom stereocenters. The Morgan fingerprint density at radius 1 is 0.564 bits per heavy atom. The number of ether oxygens (including phenoxy) is 4. The molecule has 0 bridgehead atoms. The maximum atomic E-state index is 12.8. The van der Waals surface area contributed by atoms with Crippen LogP contribution in [0, 0.1) is 0 Å². The van der Waals surface area contributed by atoms with Crippen LogP contribution in [-0.2, 0) is 43.1 Å². The lowest BCUT2D eigenvalue weighted by atomic mass is 9.99. The Labute approximate surface area is 332 Å². The fourth-order valence-corrected chi connectivity index (χ4v) is 7.05. The van der Waals surface area contributed by atoms with Crippen LogP contribution in [0.15, 0.2) is 0 Å². The van der Waals surface area contributed by atoms with E-state index in [1.165, 1.54) is 116 Å². The molecule has 0 unspecified atom stereocenters. The first-order chi connectivity index (χ1) is 26.5. The lowest BCUT2D eigenvalue weighted by molar-refractivity contribution is -0.304. The van der Waals surface area contributed by atoms with Crippen molar-refractivity contribution in [3.8, 4) is 0 Å². The van der Waals surface area contributed by atoms with Gasteiger partial charge in [-0.05, 0) is 12.8 Å². The number of carbonyl (C=O) groups is 2. The molecule has 0 aromatic carbocycles. The van der Waals surface area contributed by atoms with Crippen molar-refractivity contribution >= 4 is 22.3 Å². The first kappa shape index (κ1) is 51.6. The van der Waals surface area contributed by atoms with Gasteiger partial charge in [0, 0.05) is 12.8 Å². The topological polar surface area (TPSA) is 195 Å². The normalized spacial score (nSPS) is 20.7. The summed E-state index contributed by atoms with van der Waals surface area (Å²) < 4.78 is 57.2. The zero-order valence-electron chi connectivity index (χ0n) is 34.3. The van der Waals surface area contributed by atoms with E-state index in [2.05, 4.69) is 18.0 Å². The molecule has 1 saturated heterocycles. The molecule has 0 saturated carbocycles. The highest BCUT2D eigenvalue weighted by atomic mass is 32.3. The number of aliphatic hydroxyl groups excluding tert-OH is 3. The molecule has 0 radical (unpaired) electrons. The van der Waals surface area contributed by atoms with Crippen molar-refractivity contribution in [2.75, 3.05) is 19.8 Å². The van der Waals surface area contributed by atoms with Crippen LogP contribution >= 0.6 is 0 Å². The van der Waals surface area contributed by atoms with Crippen LogP contribution in [0.25, 0.3) is 0 Å².